The van der Waals surface area contributed by atoms with Crippen molar-refractivity contribution in [2.24, 2.45) is 0 Å². The number of rotatable bonds is 3. The molecule has 0 aliphatic heterocycles. The lowest BCUT2D eigenvalue weighted by molar-refractivity contribution is 0.589. The van der Waals surface area contributed by atoms with Gasteiger partial charge < -0.3 is 4.42 Å². The van der Waals surface area contributed by atoms with Gasteiger partial charge in [0.1, 0.15) is 0 Å². The van der Waals surface area contributed by atoms with Gasteiger partial charge in [-0.15, -0.1) is 0 Å². The third-order valence-corrected chi connectivity index (χ3v) is 3.57. The van der Waals surface area contributed by atoms with Crippen LogP contribution in [-0.2, 0) is 5.33 Å². The molecule has 3 rings (SSSR count). The van der Waals surface area contributed by atoms with E-state index in [0.29, 0.717) is 5.89 Å². The first kappa shape index (κ1) is 12.2. The zero-order valence-corrected chi connectivity index (χ0v) is 11.8. The van der Waals surface area contributed by atoms with Crippen molar-refractivity contribution in [1.29, 1.82) is 0 Å². The van der Waals surface area contributed by atoms with Crippen LogP contribution < -0.4 is 0 Å². The van der Waals surface area contributed by atoms with E-state index in [9.17, 15) is 0 Å². The van der Waals surface area contributed by atoms with Gasteiger partial charge in [0.2, 0.25) is 5.89 Å². The summed E-state index contributed by atoms with van der Waals surface area (Å²) < 4.78 is 5.81. The third kappa shape index (κ3) is 2.61. The molecule has 0 saturated heterocycles. The van der Waals surface area contributed by atoms with E-state index in [2.05, 4.69) is 33.0 Å². The summed E-state index contributed by atoms with van der Waals surface area (Å²) >= 11 is 3.43. The largest absolute Gasteiger partial charge is 0.436 e. The van der Waals surface area contributed by atoms with Crippen LogP contribution in [0.15, 0.2) is 65.2 Å². The normalized spacial score (nSPS) is 10.6. The smallest absolute Gasteiger partial charge is 0.226 e. The zero-order chi connectivity index (χ0) is 13.1. The third-order valence-electron chi connectivity index (χ3n) is 2.92. The maximum absolute atomic E-state index is 5.81. The van der Waals surface area contributed by atoms with Crippen molar-refractivity contribution in [2.45, 2.75) is 5.33 Å². The second kappa shape index (κ2) is 5.41. The van der Waals surface area contributed by atoms with E-state index < -0.39 is 0 Å². The molecule has 0 atom stereocenters. The maximum atomic E-state index is 5.81. The minimum atomic E-state index is 0.653. The summed E-state index contributed by atoms with van der Waals surface area (Å²) in [6.07, 6.45) is 1.77. The van der Waals surface area contributed by atoms with Gasteiger partial charge in [-0.25, -0.2) is 4.98 Å². The number of alkyl halides is 1. The van der Waals surface area contributed by atoms with Crippen LogP contribution in [0, 0.1) is 0 Å². The van der Waals surface area contributed by atoms with Crippen molar-refractivity contribution in [1.82, 2.24) is 4.98 Å². The average molecular weight is 314 g/mol. The fourth-order valence-electron chi connectivity index (χ4n) is 1.88. The molecule has 0 fully saturated rings. The lowest BCUT2D eigenvalue weighted by Gasteiger charge is -1.98. The molecule has 94 valence electrons. The lowest BCUT2D eigenvalue weighted by atomic mass is 10.1. The van der Waals surface area contributed by atoms with E-state index in [4.69, 9.17) is 4.42 Å². The number of oxazole rings is 1. The Labute approximate surface area is 120 Å². The standard InChI is InChI=1S/C16H12BrNO/c17-10-12-6-8-14(9-7-12)16-18-11-15(19-16)13-4-2-1-3-5-13/h1-9,11H,10H2. The molecule has 3 heteroatoms. The van der Waals surface area contributed by atoms with Crippen LogP contribution in [-0.4, -0.2) is 4.98 Å². The quantitative estimate of drug-likeness (QED) is 0.642. The average Bonchev–Trinajstić information content (AvgIpc) is 2.98. The van der Waals surface area contributed by atoms with Crippen molar-refractivity contribution in [3.8, 4) is 22.8 Å². The summed E-state index contributed by atoms with van der Waals surface area (Å²) in [5, 5.41) is 0.855. The topological polar surface area (TPSA) is 26.0 Å². The number of hydrogen-bond acceptors (Lipinski definition) is 2. The van der Waals surface area contributed by atoms with E-state index in [1.54, 1.807) is 6.20 Å². The number of halogens is 1. The van der Waals surface area contributed by atoms with Crippen LogP contribution in [0.1, 0.15) is 5.56 Å². The summed E-state index contributed by atoms with van der Waals surface area (Å²) in [5.41, 5.74) is 3.27. The van der Waals surface area contributed by atoms with E-state index in [0.717, 1.165) is 22.2 Å². The molecule has 0 bridgehead atoms. The molecule has 1 heterocycles. The van der Waals surface area contributed by atoms with E-state index in [1.165, 1.54) is 5.56 Å². The highest BCUT2D eigenvalue weighted by Crippen LogP contribution is 2.26. The molecule has 3 aromatic rings. The van der Waals surface area contributed by atoms with E-state index in [1.807, 2.05) is 42.5 Å². The summed E-state index contributed by atoms with van der Waals surface area (Å²) in [6.45, 7) is 0. The molecule has 2 aromatic carbocycles. The first-order valence-corrected chi connectivity index (χ1v) is 7.15. The van der Waals surface area contributed by atoms with Crippen LogP contribution in [0.4, 0.5) is 0 Å². The number of hydrogen-bond donors (Lipinski definition) is 0. The molecule has 19 heavy (non-hydrogen) atoms. The van der Waals surface area contributed by atoms with Gasteiger partial charge in [-0.1, -0.05) is 58.4 Å². The monoisotopic (exact) mass is 313 g/mol. The van der Waals surface area contributed by atoms with Crippen LogP contribution >= 0.6 is 15.9 Å². The number of benzene rings is 2. The number of nitrogens with zero attached hydrogens (tertiary/aromatic N) is 1. The minimum Gasteiger partial charge on any atom is -0.436 e. The molecule has 0 N–H and O–H groups in total. The summed E-state index contributed by atoms with van der Waals surface area (Å²) in [5.74, 6) is 1.44. The molecule has 0 aliphatic carbocycles. The van der Waals surface area contributed by atoms with Crippen LogP contribution in [0.5, 0.6) is 0 Å². The maximum Gasteiger partial charge on any atom is 0.226 e. The highest BCUT2D eigenvalue weighted by Gasteiger charge is 2.07. The van der Waals surface area contributed by atoms with Gasteiger partial charge in [-0.2, -0.15) is 0 Å². The van der Waals surface area contributed by atoms with Gasteiger partial charge in [-0.3, -0.25) is 0 Å². The van der Waals surface area contributed by atoms with Crippen molar-refractivity contribution < 1.29 is 4.42 Å². The summed E-state index contributed by atoms with van der Waals surface area (Å²) in [6, 6.07) is 18.2. The van der Waals surface area contributed by atoms with Crippen LogP contribution in [0.3, 0.4) is 0 Å². The summed E-state index contributed by atoms with van der Waals surface area (Å²) in [4.78, 5) is 4.34. The lowest BCUT2D eigenvalue weighted by Crippen LogP contribution is -1.79. The molecule has 0 aliphatic rings. The Morgan fingerprint density at radius 2 is 1.63 bits per heavy atom. The van der Waals surface area contributed by atoms with Gasteiger partial charge >= 0.3 is 0 Å². The fraction of sp³-hybridized carbons (Fsp3) is 0.0625. The SMILES string of the molecule is BrCc1ccc(-c2ncc(-c3ccccc3)o2)cc1. The van der Waals surface area contributed by atoms with Gasteiger partial charge in [0, 0.05) is 16.5 Å². The minimum absolute atomic E-state index is 0.653. The predicted molar refractivity (Wildman–Crippen MR) is 80.0 cm³/mol. The molecule has 0 radical (unpaired) electrons. The molecular formula is C16H12BrNO. The summed E-state index contributed by atoms with van der Waals surface area (Å²) in [7, 11) is 0. The van der Waals surface area contributed by atoms with E-state index >= 15 is 0 Å². The van der Waals surface area contributed by atoms with Crippen molar-refractivity contribution in [2.75, 3.05) is 0 Å². The second-order valence-corrected chi connectivity index (χ2v) is 4.79. The Hall–Kier alpha value is -1.87. The Morgan fingerprint density at radius 1 is 0.895 bits per heavy atom. The van der Waals surface area contributed by atoms with Crippen LogP contribution in [0.2, 0.25) is 0 Å². The van der Waals surface area contributed by atoms with E-state index in [-0.39, 0.29) is 0 Å². The first-order valence-electron chi connectivity index (χ1n) is 6.03. The second-order valence-electron chi connectivity index (χ2n) is 4.23. The molecule has 0 saturated carbocycles. The van der Waals surface area contributed by atoms with Gasteiger partial charge in [0.25, 0.3) is 0 Å². The van der Waals surface area contributed by atoms with Crippen LogP contribution in [0.25, 0.3) is 22.8 Å². The molecule has 2 nitrogen and oxygen atoms in total. The van der Waals surface area contributed by atoms with Gasteiger partial charge in [-0.05, 0) is 17.7 Å². The Morgan fingerprint density at radius 3 is 2.32 bits per heavy atom. The van der Waals surface area contributed by atoms with Gasteiger partial charge in [0.05, 0.1) is 6.20 Å². The molecule has 0 unspecified atom stereocenters. The Balaban J connectivity index is 1.92. The molecule has 0 spiro atoms. The highest BCUT2D eigenvalue weighted by molar-refractivity contribution is 9.08. The molecule has 1 aromatic heterocycles. The fourth-order valence-corrected chi connectivity index (χ4v) is 2.25. The predicted octanol–water partition coefficient (Wildman–Crippen LogP) is 4.90. The first-order chi connectivity index (χ1) is 9.36. The van der Waals surface area contributed by atoms with Crippen molar-refractivity contribution >= 4 is 15.9 Å². The molecular weight excluding hydrogens is 302 g/mol. The zero-order valence-electron chi connectivity index (χ0n) is 10.2. The van der Waals surface area contributed by atoms with Crippen molar-refractivity contribution in [3.63, 3.8) is 0 Å². The number of aromatic nitrogens is 1. The highest BCUT2D eigenvalue weighted by atomic mass is 79.9. The Kier molecular flexibility index (Phi) is 3.47. The van der Waals surface area contributed by atoms with Crippen molar-refractivity contribution in [3.05, 3.63) is 66.4 Å². The van der Waals surface area contributed by atoms with Gasteiger partial charge in [0.15, 0.2) is 5.76 Å². The molecule has 0 amide bonds. The Bertz CT molecular complexity index is 659.